The van der Waals surface area contributed by atoms with Crippen molar-refractivity contribution in [2.45, 2.75) is 11.3 Å². The number of methoxy groups -OCH3 is 1. The highest BCUT2D eigenvalue weighted by molar-refractivity contribution is 7.89. The highest BCUT2D eigenvalue weighted by atomic mass is 32.2. The largest absolute Gasteiger partial charge is 0.496 e. The van der Waals surface area contributed by atoms with E-state index < -0.39 is 14.9 Å². The van der Waals surface area contributed by atoms with Gasteiger partial charge in [-0.1, -0.05) is 18.2 Å². The first-order chi connectivity index (χ1) is 11.9. The number of sulfonamides is 1. The molecule has 0 bridgehead atoms. The fourth-order valence-electron chi connectivity index (χ4n) is 2.34. The summed E-state index contributed by atoms with van der Waals surface area (Å²) in [7, 11) is -0.910. The Hall–Kier alpha value is -2.65. The zero-order valence-corrected chi connectivity index (χ0v) is 14.7. The summed E-state index contributed by atoms with van der Waals surface area (Å²) < 4.78 is 31.0. The van der Waals surface area contributed by atoms with Gasteiger partial charge in [-0.3, -0.25) is 10.1 Å². The average molecular weight is 365 g/mol. The minimum Gasteiger partial charge on any atom is -0.496 e. The van der Waals surface area contributed by atoms with Gasteiger partial charge in [-0.15, -0.1) is 0 Å². The number of nitro groups is 1. The summed E-state index contributed by atoms with van der Waals surface area (Å²) in [6, 6.07) is 11.3. The quantitative estimate of drug-likeness (QED) is 0.548. The van der Waals surface area contributed by atoms with Crippen molar-refractivity contribution in [3.63, 3.8) is 0 Å². The van der Waals surface area contributed by atoms with Crippen molar-refractivity contribution in [2.24, 2.45) is 0 Å². The van der Waals surface area contributed by atoms with Crippen LogP contribution in [0.4, 0.5) is 11.4 Å². The molecule has 0 aliphatic heterocycles. The van der Waals surface area contributed by atoms with E-state index in [1.165, 1.54) is 19.2 Å². The van der Waals surface area contributed by atoms with Gasteiger partial charge in [-0.25, -0.2) is 13.1 Å². The lowest BCUT2D eigenvalue weighted by Gasteiger charge is -2.11. The first-order valence-corrected chi connectivity index (χ1v) is 8.95. The molecule has 0 unspecified atom stereocenters. The number of hydrogen-bond acceptors (Lipinski definition) is 6. The molecule has 0 heterocycles. The number of nitrogens with zero attached hydrogens (tertiary/aromatic N) is 1. The van der Waals surface area contributed by atoms with E-state index in [0.29, 0.717) is 13.0 Å². The van der Waals surface area contributed by atoms with Crippen LogP contribution in [0.3, 0.4) is 0 Å². The van der Waals surface area contributed by atoms with E-state index in [9.17, 15) is 18.5 Å². The molecule has 0 spiro atoms. The maximum absolute atomic E-state index is 11.8. The molecule has 0 aromatic heterocycles. The van der Waals surface area contributed by atoms with Gasteiger partial charge >= 0.3 is 0 Å². The van der Waals surface area contributed by atoms with Crippen LogP contribution in [0.25, 0.3) is 0 Å². The van der Waals surface area contributed by atoms with E-state index in [4.69, 9.17) is 4.74 Å². The third-order valence-electron chi connectivity index (χ3n) is 3.65. The van der Waals surface area contributed by atoms with Crippen molar-refractivity contribution < 1.29 is 18.1 Å². The maximum atomic E-state index is 11.8. The molecule has 0 amide bonds. The van der Waals surface area contributed by atoms with Gasteiger partial charge in [0.2, 0.25) is 10.0 Å². The fourth-order valence-corrected chi connectivity index (χ4v) is 3.09. The smallest absolute Gasteiger partial charge is 0.293 e. The molecule has 0 aliphatic rings. The van der Waals surface area contributed by atoms with Crippen molar-refractivity contribution >= 4 is 21.4 Å². The van der Waals surface area contributed by atoms with Crippen molar-refractivity contribution in [1.82, 2.24) is 4.72 Å². The zero-order chi connectivity index (χ0) is 18.4. The first-order valence-electron chi connectivity index (χ1n) is 7.47. The lowest BCUT2D eigenvalue weighted by atomic mass is 10.1. The first kappa shape index (κ1) is 18.7. The van der Waals surface area contributed by atoms with Crippen LogP contribution in [0.2, 0.25) is 0 Å². The van der Waals surface area contributed by atoms with Crippen molar-refractivity contribution in [3.8, 4) is 5.75 Å². The predicted molar refractivity (Wildman–Crippen MR) is 94.5 cm³/mol. The second kappa shape index (κ2) is 7.95. The number of rotatable bonds is 8. The summed E-state index contributed by atoms with van der Waals surface area (Å²) in [5.41, 5.74) is 0.931. The number of anilines is 1. The van der Waals surface area contributed by atoms with Gasteiger partial charge in [-0.2, -0.15) is 0 Å². The van der Waals surface area contributed by atoms with Crippen LogP contribution in [0.15, 0.2) is 47.4 Å². The molecule has 2 aromatic carbocycles. The minimum absolute atomic E-state index is 0.156. The SMILES string of the molecule is CNS(=O)(=O)c1ccc(NCCc2ccccc2OC)c([N+](=O)[O-])c1. The topological polar surface area (TPSA) is 111 Å². The van der Waals surface area contributed by atoms with Crippen LogP contribution in [0.5, 0.6) is 5.75 Å². The molecule has 2 aromatic rings. The number of benzene rings is 2. The highest BCUT2D eigenvalue weighted by Crippen LogP contribution is 2.27. The van der Waals surface area contributed by atoms with E-state index in [-0.39, 0.29) is 16.3 Å². The van der Waals surface area contributed by atoms with E-state index in [2.05, 4.69) is 10.0 Å². The lowest BCUT2D eigenvalue weighted by molar-refractivity contribution is -0.384. The minimum atomic E-state index is -3.74. The Kier molecular flexibility index (Phi) is 5.94. The molecular formula is C16H19N3O5S. The summed E-state index contributed by atoms with van der Waals surface area (Å²) in [6.07, 6.45) is 0.595. The average Bonchev–Trinajstić information content (AvgIpc) is 2.62. The van der Waals surface area contributed by atoms with Crippen molar-refractivity contribution in [3.05, 3.63) is 58.1 Å². The number of hydrogen-bond donors (Lipinski definition) is 2. The second-order valence-corrected chi connectivity index (χ2v) is 7.02. The standard InChI is InChI=1S/C16H19N3O5S/c1-17-25(22,23)13-7-8-14(15(11-13)19(20)21)18-10-9-12-5-3-4-6-16(12)24-2/h3-8,11,17-18H,9-10H2,1-2H3. The molecule has 2 rings (SSSR count). The zero-order valence-electron chi connectivity index (χ0n) is 13.9. The van der Waals surface area contributed by atoms with E-state index in [1.807, 2.05) is 24.3 Å². The number of para-hydroxylation sites is 1. The molecular weight excluding hydrogens is 346 g/mol. The Morgan fingerprint density at radius 2 is 1.92 bits per heavy atom. The number of ether oxygens (including phenoxy) is 1. The van der Waals surface area contributed by atoms with Gasteiger partial charge in [0.1, 0.15) is 11.4 Å². The van der Waals surface area contributed by atoms with E-state index in [0.717, 1.165) is 17.4 Å². The van der Waals surface area contributed by atoms with Gasteiger partial charge in [0.15, 0.2) is 0 Å². The number of nitrogens with one attached hydrogen (secondary N) is 2. The molecule has 0 atom stereocenters. The van der Waals surface area contributed by atoms with Crippen LogP contribution in [-0.4, -0.2) is 34.0 Å². The summed E-state index contributed by atoms with van der Waals surface area (Å²) in [4.78, 5) is 10.5. The molecule has 134 valence electrons. The maximum Gasteiger partial charge on any atom is 0.293 e. The number of nitro benzene ring substituents is 1. The van der Waals surface area contributed by atoms with Gasteiger partial charge in [0.05, 0.1) is 16.9 Å². The van der Waals surface area contributed by atoms with Crippen LogP contribution >= 0.6 is 0 Å². The Morgan fingerprint density at radius 1 is 1.20 bits per heavy atom. The monoisotopic (exact) mass is 365 g/mol. The summed E-state index contributed by atoms with van der Waals surface area (Å²) >= 11 is 0. The molecule has 25 heavy (non-hydrogen) atoms. The Balaban J connectivity index is 2.18. The molecule has 9 heteroatoms. The van der Waals surface area contributed by atoms with Crippen LogP contribution in [0, 0.1) is 10.1 Å². The molecule has 0 saturated heterocycles. The van der Waals surface area contributed by atoms with Gasteiger partial charge < -0.3 is 10.1 Å². The summed E-state index contributed by atoms with van der Waals surface area (Å²) in [6.45, 7) is 0.430. The summed E-state index contributed by atoms with van der Waals surface area (Å²) in [5.74, 6) is 0.745. The fraction of sp³-hybridized carbons (Fsp3) is 0.250. The third-order valence-corrected chi connectivity index (χ3v) is 5.06. The molecule has 0 saturated carbocycles. The van der Waals surface area contributed by atoms with Crippen molar-refractivity contribution in [2.75, 3.05) is 26.0 Å². The van der Waals surface area contributed by atoms with Gasteiger partial charge in [0.25, 0.3) is 5.69 Å². The van der Waals surface area contributed by atoms with Crippen molar-refractivity contribution in [1.29, 1.82) is 0 Å². The normalized spacial score (nSPS) is 11.1. The molecule has 8 nitrogen and oxygen atoms in total. The Morgan fingerprint density at radius 3 is 2.56 bits per heavy atom. The Bertz CT molecular complexity index is 868. The van der Waals surface area contributed by atoms with Crippen LogP contribution in [-0.2, 0) is 16.4 Å². The van der Waals surface area contributed by atoms with Gasteiger partial charge in [0, 0.05) is 12.6 Å². The lowest BCUT2D eigenvalue weighted by Crippen LogP contribution is -2.19. The van der Waals surface area contributed by atoms with E-state index >= 15 is 0 Å². The molecule has 2 N–H and O–H groups in total. The van der Waals surface area contributed by atoms with Gasteiger partial charge in [-0.05, 0) is 37.2 Å². The van der Waals surface area contributed by atoms with E-state index in [1.54, 1.807) is 7.11 Å². The van der Waals surface area contributed by atoms with Crippen LogP contribution < -0.4 is 14.8 Å². The third kappa shape index (κ3) is 4.46. The Labute approximate surface area is 146 Å². The molecule has 0 aliphatic carbocycles. The summed E-state index contributed by atoms with van der Waals surface area (Å²) in [5, 5.41) is 14.2. The molecule has 0 fully saturated rings. The predicted octanol–water partition coefficient (Wildman–Crippen LogP) is 2.17. The molecule has 0 radical (unpaired) electrons. The highest BCUT2D eigenvalue weighted by Gasteiger charge is 2.20. The second-order valence-electron chi connectivity index (χ2n) is 5.13. The van der Waals surface area contributed by atoms with Crippen LogP contribution in [0.1, 0.15) is 5.56 Å².